The Hall–Kier alpha value is -3.64. The smallest absolute Gasteiger partial charge is 0.319 e. The average molecular weight is 416 g/mol. The van der Waals surface area contributed by atoms with E-state index in [2.05, 4.69) is 4.90 Å². The number of methoxy groups -OCH3 is 1. The van der Waals surface area contributed by atoms with E-state index in [0.717, 1.165) is 11.1 Å². The van der Waals surface area contributed by atoms with Crippen molar-refractivity contribution in [3.05, 3.63) is 96.1 Å². The van der Waals surface area contributed by atoms with Crippen molar-refractivity contribution in [3.8, 4) is 5.75 Å². The van der Waals surface area contributed by atoms with Gasteiger partial charge in [-0.25, -0.2) is 0 Å². The number of carbonyl (C=O) groups excluding carboxylic acids is 1. The van der Waals surface area contributed by atoms with Crippen LogP contribution in [0.3, 0.4) is 0 Å². The van der Waals surface area contributed by atoms with Crippen LogP contribution in [0.15, 0.2) is 84.9 Å². The first-order chi connectivity index (χ1) is 15.1. The molecule has 0 aromatic heterocycles. The Balaban J connectivity index is 1.70. The molecule has 1 amide bonds. The molecule has 6 heteroatoms. The van der Waals surface area contributed by atoms with E-state index in [1.54, 1.807) is 36.3 Å². The fourth-order valence-corrected chi connectivity index (χ4v) is 3.98. The van der Waals surface area contributed by atoms with Gasteiger partial charge < -0.3 is 9.84 Å². The first-order valence-corrected chi connectivity index (χ1v) is 10.1. The van der Waals surface area contributed by atoms with Gasteiger partial charge in [-0.3, -0.25) is 19.4 Å². The van der Waals surface area contributed by atoms with E-state index in [-0.39, 0.29) is 0 Å². The molecule has 0 aliphatic carbocycles. The van der Waals surface area contributed by atoms with E-state index in [1.165, 1.54) is 0 Å². The Bertz CT molecular complexity index is 997. The van der Waals surface area contributed by atoms with Gasteiger partial charge in [-0.15, -0.1) is 0 Å². The zero-order valence-corrected chi connectivity index (χ0v) is 17.2. The molecule has 3 aromatic carbocycles. The zero-order valence-electron chi connectivity index (χ0n) is 17.2. The summed E-state index contributed by atoms with van der Waals surface area (Å²) in [6.45, 7) is 1.04. The Morgan fingerprint density at radius 2 is 1.42 bits per heavy atom. The van der Waals surface area contributed by atoms with E-state index in [9.17, 15) is 14.7 Å². The summed E-state index contributed by atoms with van der Waals surface area (Å²) in [4.78, 5) is 28.5. The maximum Gasteiger partial charge on any atom is 0.319 e. The highest BCUT2D eigenvalue weighted by molar-refractivity contribution is 6.13. The predicted octanol–water partition coefficient (Wildman–Crippen LogP) is 3.77. The lowest BCUT2D eigenvalue weighted by Crippen LogP contribution is -2.70. The number of ether oxygens (including phenoxy) is 1. The number of aliphatic carboxylic acids is 1. The highest BCUT2D eigenvalue weighted by Gasteiger charge is 2.55. The predicted molar refractivity (Wildman–Crippen MR) is 118 cm³/mol. The number of β-lactam (4-membered cyclic amide) rings is 1. The second-order valence-corrected chi connectivity index (χ2v) is 7.51. The lowest BCUT2D eigenvalue weighted by atomic mass is 9.90. The number of anilines is 1. The number of amides is 1. The van der Waals surface area contributed by atoms with Crippen molar-refractivity contribution in [1.82, 2.24) is 4.90 Å². The summed E-state index contributed by atoms with van der Waals surface area (Å²) in [6, 6.07) is 26.8. The summed E-state index contributed by atoms with van der Waals surface area (Å²) in [7, 11) is 1.58. The molecule has 1 aliphatic rings. The van der Waals surface area contributed by atoms with Gasteiger partial charge in [-0.1, -0.05) is 60.7 Å². The third kappa shape index (κ3) is 4.29. The van der Waals surface area contributed by atoms with Crippen LogP contribution in [0.2, 0.25) is 0 Å². The van der Waals surface area contributed by atoms with Crippen LogP contribution in [-0.2, 0) is 22.7 Å². The number of benzene rings is 3. The van der Waals surface area contributed by atoms with E-state index >= 15 is 0 Å². The number of carboxylic acids is 1. The number of hydrogen-bond donors (Lipinski definition) is 1. The van der Waals surface area contributed by atoms with E-state index in [0.29, 0.717) is 24.5 Å². The third-order valence-electron chi connectivity index (χ3n) is 5.51. The molecule has 1 fully saturated rings. The van der Waals surface area contributed by atoms with Gasteiger partial charge in [0.2, 0.25) is 5.91 Å². The van der Waals surface area contributed by atoms with Crippen LogP contribution < -0.4 is 9.64 Å². The first-order valence-electron chi connectivity index (χ1n) is 10.1. The van der Waals surface area contributed by atoms with Crippen LogP contribution >= 0.6 is 0 Å². The van der Waals surface area contributed by atoms with Gasteiger partial charge >= 0.3 is 5.97 Å². The number of rotatable bonds is 8. The minimum absolute atomic E-state index is 0.409. The fraction of sp³-hybridized carbons (Fsp3) is 0.200. The van der Waals surface area contributed by atoms with Crippen LogP contribution in [0.25, 0.3) is 0 Å². The van der Waals surface area contributed by atoms with Crippen molar-refractivity contribution in [1.29, 1.82) is 0 Å². The molecule has 31 heavy (non-hydrogen) atoms. The monoisotopic (exact) mass is 416 g/mol. The van der Waals surface area contributed by atoms with Gasteiger partial charge in [-0.2, -0.15) is 0 Å². The SMILES string of the molecule is COc1ccc(N2C(=O)[C@H](C(=O)O)[C@H]2N(Cc2ccccc2)Cc2ccccc2)cc1. The second kappa shape index (κ2) is 9.02. The number of carbonyl (C=O) groups is 2. The number of hydrogen-bond acceptors (Lipinski definition) is 4. The molecule has 1 heterocycles. The van der Waals surface area contributed by atoms with Gasteiger partial charge in [-0.05, 0) is 35.4 Å². The van der Waals surface area contributed by atoms with Crippen molar-refractivity contribution >= 4 is 17.6 Å². The van der Waals surface area contributed by atoms with Crippen molar-refractivity contribution in [2.24, 2.45) is 5.92 Å². The normalized spacial score (nSPS) is 18.0. The van der Waals surface area contributed by atoms with Crippen LogP contribution in [0.5, 0.6) is 5.75 Å². The fourth-order valence-electron chi connectivity index (χ4n) is 3.98. The molecule has 0 unspecified atom stereocenters. The first kappa shape index (κ1) is 20.6. The average Bonchev–Trinajstić information content (AvgIpc) is 2.78. The van der Waals surface area contributed by atoms with Crippen molar-refractivity contribution in [3.63, 3.8) is 0 Å². The van der Waals surface area contributed by atoms with Gasteiger partial charge in [0, 0.05) is 18.8 Å². The van der Waals surface area contributed by atoms with Crippen molar-refractivity contribution in [2.45, 2.75) is 19.3 Å². The second-order valence-electron chi connectivity index (χ2n) is 7.51. The maximum atomic E-state index is 12.9. The summed E-state index contributed by atoms with van der Waals surface area (Å²) < 4.78 is 5.21. The quantitative estimate of drug-likeness (QED) is 0.447. The third-order valence-corrected chi connectivity index (χ3v) is 5.51. The van der Waals surface area contributed by atoms with E-state index < -0.39 is 24.0 Å². The summed E-state index contributed by atoms with van der Waals surface area (Å²) in [5, 5.41) is 9.81. The van der Waals surface area contributed by atoms with Crippen LogP contribution in [0, 0.1) is 5.92 Å². The minimum Gasteiger partial charge on any atom is -0.497 e. The molecule has 1 aliphatic heterocycles. The molecule has 1 saturated heterocycles. The van der Waals surface area contributed by atoms with Crippen molar-refractivity contribution in [2.75, 3.05) is 12.0 Å². The molecule has 3 aromatic rings. The molecular weight excluding hydrogens is 392 g/mol. The summed E-state index contributed by atoms with van der Waals surface area (Å²) in [6.07, 6.45) is -0.598. The Labute approximate surface area is 181 Å². The highest BCUT2D eigenvalue weighted by atomic mass is 16.5. The Morgan fingerprint density at radius 3 is 1.87 bits per heavy atom. The van der Waals surface area contributed by atoms with Gasteiger partial charge in [0.15, 0.2) is 5.92 Å². The lowest BCUT2D eigenvalue weighted by molar-refractivity contribution is -0.157. The molecule has 0 saturated carbocycles. The molecule has 0 bridgehead atoms. The molecule has 0 radical (unpaired) electrons. The van der Waals surface area contributed by atoms with Gasteiger partial charge in [0.1, 0.15) is 11.9 Å². The van der Waals surface area contributed by atoms with Crippen LogP contribution in [0.1, 0.15) is 11.1 Å². The molecule has 0 spiro atoms. The summed E-state index contributed by atoms with van der Waals surface area (Å²) in [5.74, 6) is -1.96. The lowest BCUT2D eigenvalue weighted by Gasteiger charge is -2.50. The van der Waals surface area contributed by atoms with Crippen molar-refractivity contribution < 1.29 is 19.4 Å². The van der Waals surface area contributed by atoms with E-state index in [4.69, 9.17) is 4.74 Å². The largest absolute Gasteiger partial charge is 0.497 e. The van der Waals surface area contributed by atoms with Gasteiger partial charge in [0.25, 0.3) is 0 Å². The van der Waals surface area contributed by atoms with Crippen LogP contribution in [-0.4, -0.2) is 35.2 Å². The molecule has 4 rings (SSSR count). The summed E-state index contributed by atoms with van der Waals surface area (Å²) in [5.41, 5.74) is 2.76. The maximum absolute atomic E-state index is 12.9. The highest BCUT2D eigenvalue weighted by Crippen LogP contribution is 2.37. The summed E-state index contributed by atoms with van der Waals surface area (Å²) >= 11 is 0. The molecular formula is C25H24N2O4. The zero-order chi connectivity index (χ0) is 21.8. The topological polar surface area (TPSA) is 70.1 Å². The molecule has 2 atom stereocenters. The molecule has 158 valence electrons. The standard InChI is InChI=1S/C25H24N2O4/c1-31-21-14-12-20(13-15-21)27-23(22(24(27)28)25(29)30)26(16-18-8-4-2-5-9-18)17-19-10-6-3-7-11-19/h2-15,22-23H,16-17H2,1H3,(H,29,30)/t22-,23+/m1/s1. The molecule has 6 nitrogen and oxygen atoms in total. The Kier molecular flexibility index (Phi) is 6.00. The number of nitrogens with zero attached hydrogens (tertiary/aromatic N) is 2. The van der Waals surface area contributed by atoms with Crippen LogP contribution in [0.4, 0.5) is 5.69 Å². The minimum atomic E-state index is -1.12. The molecule has 1 N–H and O–H groups in total. The van der Waals surface area contributed by atoms with Gasteiger partial charge in [0.05, 0.1) is 7.11 Å². The Morgan fingerprint density at radius 1 is 0.903 bits per heavy atom. The van der Waals surface area contributed by atoms with E-state index in [1.807, 2.05) is 60.7 Å². The number of carboxylic acid groups (broad SMARTS) is 1.